The first-order valence-electron chi connectivity index (χ1n) is 5.35. The lowest BCUT2D eigenvalue weighted by molar-refractivity contribution is -0.0196. The number of amides is 1. The van der Waals surface area contributed by atoms with Gasteiger partial charge in [-0.05, 0) is 7.05 Å². The standard InChI is InChI=1S/C10H16N4O2/c1-11-6-9-7-14(2-3-16-9)10(15)8-4-12-13-5-8/h4-5,9,11H,2-3,6-7H2,1H3,(H,12,13). The zero-order chi connectivity index (χ0) is 11.4. The van der Waals surface area contributed by atoms with Crippen LogP contribution in [-0.4, -0.2) is 60.4 Å². The number of nitrogens with one attached hydrogen (secondary N) is 2. The summed E-state index contributed by atoms with van der Waals surface area (Å²) in [5.74, 6) is 0.0122. The van der Waals surface area contributed by atoms with Gasteiger partial charge < -0.3 is 15.0 Å². The molecule has 88 valence electrons. The predicted molar refractivity (Wildman–Crippen MR) is 58.2 cm³/mol. The highest BCUT2D eigenvalue weighted by Crippen LogP contribution is 2.09. The van der Waals surface area contributed by atoms with E-state index in [9.17, 15) is 4.79 Å². The minimum atomic E-state index is 0.0122. The third kappa shape index (κ3) is 2.40. The van der Waals surface area contributed by atoms with Crippen LogP contribution in [0.15, 0.2) is 12.4 Å². The van der Waals surface area contributed by atoms with Crippen LogP contribution in [0, 0.1) is 0 Å². The van der Waals surface area contributed by atoms with E-state index in [1.165, 1.54) is 0 Å². The SMILES string of the molecule is CNCC1CN(C(=O)c2cn[nH]c2)CCO1. The molecule has 1 aliphatic heterocycles. The van der Waals surface area contributed by atoms with Gasteiger partial charge >= 0.3 is 0 Å². The first-order valence-corrected chi connectivity index (χ1v) is 5.35. The number of ether oxygens (including phenoxy) is 1. The van der Waals surface area contributed by atoms with Gasteiger partial charge in [-0.25, -0.2) is 0 Å². The average Bonchev–Trinajstić information content (AvgIpc) is 2.82. The van der Waals surface area contributed by atoms with Crippen LogP contribution >= 0.6 is 0 Å². The van der Waals surface area contributed by atoms with E-state index >= 15 is 0 Å². The molecule has 1 aromatic rings. The van der Waals surface area contributed by atoms with Crippen LogP contribution in [0.5, 0.6) is 0 Å². The van der Waals surface area contributed by atoms with Gasteiger partial charge in [0.15, 0.2) is 0 Å². The Morgan fingerprint density at radius 3 is 3.38 bits per heavy atom. The number of aromatic amines is 1. The summed E-state index contributed by atoms with van der Waals surface area (Å²) in [6.45, 7) is 2.63. The van der Waals surface area contributed by atoms with Crippen LogP contribution in [-0.2, 0) is 4.74 Å². The summed E-state index contributed by atoms with van der Waals surface area (Å²) in [6, 6.07) is 0. The number of nitrogens with zero attached hydrogens (tertiary/aromatic N) is 2. The topological polar surface area (TPSA) is 70.2 Å². The fraction of sp³-hybridized carbons (Fsp3) is 0.600. The van der Waals surface area contributed by atoms with Crippen LogP contribution in [0.2, 0.25) is 0 Å². The number of H-pyrrole nitrogens is 1. The van der Waals surface area contributed by atoms with E-state index in [2.05, 4.69) is 15.5 Å². The highest BCUT2D eigenvalue weighted by molar-refractivity contribution is 5.93. The van der Waals surface area contributed by atoms with Crippen molar-refractivity contribution in [2.24, 2.45) is 0 Å². The van der Waals surface area contributed by atoms with Crippen LogP contribution in [0.4, 0.5) is 0 Å². The molecule has 0 aromatic carbocycles. The molecule has 1 aromatic heterocycles. The van der Waals surface area contributed by atoms with Gasteiger partial charge in [-0.1, -0.05) is 0 Å². The van der Waals surface area contributed by atoms with Gasteiger partial charge in [-0.15, -0.1) is 0 Å². The number of aromatic nitrogens is 2. The van der Waals surface area contributed by atoms with Crippen molar-refractivity contribution >= 4 is 5.91 Å². The predicted octanol–water partition coefficient (Wildman–Crippen LogP) is -0.530. The summed E-state index contributed by atoms with van der Waals surface area (Å²) in [4.78, 5) is 13.8. The lowest BCUT2D eigenvalue weighted by atomic mass is 10.2. The molecule has 1 atom stereocenters. The van der Waals surface area contributed by atoms with Gasteiger partial charge in [0.1, 0.15) is 0 Å². The summed E-state index contributed by atoms with van der Waals surface area (Å²) in [5.41, 5.74) is 0.602. The Labute approximate surface area is 94.0 Å². The molecule has 6 heteroatoms. The summed E-state index contributed by atoms with van der Waals surface area (Å²) < 4.78 is 5.54. The molecule has 2 heterocycles. The van der Waals surface area contributed by atoms with Crippen molar-refractivity contribution in [1.82, 2.24) is 20.4 Å². The maximum atomic E-state index is 12.0. The Morgan fingerprint density at radius 2 is 2.69 bits per heavy atom. The molecular weight excluding hydrogens is 208 g/mol. The lowest BCUT2D eigenvalue weighted by Crippen LogP contribution is -2.48. The fourth-order valence-electron chi connectivity index (χ4n) is 1.81. The Balaban J connectivity index is 1.96. The van der Waals surface area contributed by atoms with E-state index in [4.69, 9.17) is 4.74 Å². The van der Waals surface area contributed by atoms with E-state index in [1.54, 1.807) is 17.3 Å². The number of rotatable bonds is 3. The number of hydrogen-bond donors (Lipinski definition) is 2. The average molecular weight is 224 g/mol. The van der Waals surface area contributed by atoms with Crippen molar-refractivity contribution in [3.63, 3.8) is 0 Å². The second-order valence-electron chi connectivity index (χ2n) is 3.79. The third-order valence-electron chi connectivity index (χ3n) is 2.60. The van der Waals surface area contributed by atoms with Gasteiger partial charge in [-0.3, -0.25) is 9.89 Å². The lowest BCUT2D eigenvalue weighted by Gasteiger charge is -2.32. The molecular formula is C10H16N4O2. The van der Waals surface area contributed by atoms with Crippen LogP contribution < -0.4 is 5.32 Å². The van der Waals surface area contributed by atoms with Gasteiger partial charge in [0, 0.05) is 25.8 Å². The van der Waals surface area contributed by atoms with E-state index in [0.29, 0.717) is 25.3 Å². The van der Waals surface area contributed by atoms with E-state index < -0.39 is 0 Å². The number of likely N-dealkylation sites (N-methyl/N-ethyl adjacent to an activating group) is 1. The highest BCUT2D eigenvalue weighted by atomic mass is 16.5. The number of carbonyl (C=O) groups is 1. The monoisotopic (exact) mass is 224 g/mol. The molecule has 0 spiro atoms. The van der Waals surface area contributed by atoms with Crippen molar-refractivity contribution in [3.05, 3.63) is 18.0 Å². The maximum absolute atomic E-state index is 12.0. The van der Waals surface area contributed by atoms with E-state index in [-0.39, 0.29) is 12.0 Å². The molecule has 1 aliphatic rings. The molecule has 0 aliphatic carbocycles. The molecule has 0 bridgehead atoms. The molecule has 2 N–H and O–H groups in total. The Kier molecular flexibility index (Phi) is 3.53. The second-order valence-corrected chi connectivity index (χ2v) is 3.79. The van der Waals surface area contributed by atoms with E-state index in [0.717, 1.165) is 6.54 Å². The molecule has 6 nitrogen and oxygen atoms in total. The molecule has 2 rings (SSSR count). The molecule has 1 amide bonds. The molecule has 1 saturated heterocycles. The van der Waals surface area contributed by atoms with E-state index in [1.807, 2.05) is 7.05 Å². The third-order valence-corrected chi connectivity index (χ3v) is 2.60. The number of hydrogen-bond acceptors (Lipinski definition) is 4. The first-order chi connectivity index (χ1) is 7.81. The minimum Gasteiger partial charge on any atom is -0.373 e. The summed E-state index contributed by atoms with van der Waals surface area (Å²) >= 11 is 0. The summed E-state index contributed by atoms with van der Waals surface area (Å²) in [5, 5.41) is 9.47. The Bertz CT molecular complexity index is 337. The van der Waals surface area contributed by atoms with Gasteiger partial charge in [0.05, 0.1) is 24.5 Å². The fourth-order valence-corrected chi connectivity index (χ4v) is 1.81. The Hall–Kier alpha value is -1.40. The first kappa shape index (κ1) is 11.1. The van der Waals surface area contributed by atoms with Crippen LogP contribution in [0.1, 0.15) is 10.4 Å². The molecule has 1 fully saturated rings. The van der Waals surface area contributed by atoms with Crippen LogP contribution in [0.3, 0.4) is 0 Å². The molecule has 0 saturated carbocycles. The normalized spacial score (nSPS) is 21.1. The minimum absolute atomic E-state index is 0.0122. The number of morpholine rings is 1. The molecule has 16 heavy (non-hydrogen) atoms. The van der Waals surface area contributed by atoms with Crippen molar-refractivity contribution in [1.29, 1.82) is 0 Å². The highest BCUT2D eigenvalue weighted by Gasteiger charge is 2.24. The summed E-state index contributed by atoms with van der Waals surface area (Å²) in [7, 11) is 1.88. The van der Waals surface area contributed by atoms with Crippen molar-refractivity contribution in [2.75, 3.05) is 33.3 Å². The van der Waals surface area contributed by atoms with Crippen molar-refractivity contribution in [3.8, 4) is 0 Å². The summed E-state index contributed by atoms with van der Waals surface area (Å²) in [6.07, 6.45) is 3.24. The Morgan fingerprint density at radius 1 is 1.81 bits per heavy atom. The quantitative estimate of drug-likeness (QED) is 0.724. The second kappa shape index (κ2) is 5.09. The molecule has 0 radical (unpaired) electrons. The molecule has 1 unspecified atom stereocenters. The van der Waals surface area contributed by atoms with Crippen molar-refractivity contribution in [2.45, 2.75) is 6.10 Å². The van der Waals surface area contributed by atoms with Crippen molar-refractivity contribution < 1.29 is 9.53 Å². The van der Waals surface area contributed by atoms with Crippen LogP contribution in [0.25, 0.3) is 0 Å². The zero-order valence-corrected chi connectivity index (χ0v) is 9.27. The maximum Gasteiger partial charge on any atom is 0.257 e. The van der Waals surface area contributed by atoms with Gasteiger partial charge in [0.25, 0.3) is 5.91 Å². The van der Waals surface area contributed by atoms with Gasteiger partial charge in [-0.2, -0.15) is 5.10 Å². The zero-order valence-electron chi connectivity index (χ0n) is 9.27. The van der Waals surface area contributed by atoms with Gasteiger partial charge in [0.2, 0.25) is 0 Å². The number of carbonyl (C=O) groups excluding carboxylic acids is 1. The largest absolute Gasteiger partial charge is 0.373 e. The smallest absolute Gasteiger partial charge is 0.257 e.